The van der Waals surface area contributed by atoms with Gasteiger partial charge in [0.15, 0.2) is 0 Å². The summed E-state index contributed by atoms with van der Waals surface area (Å²) in [5.74, 6) is 0.791. The van der Waals surface area contributed by atoms with Crippen LogP contribution in [0.15, 0.2) is 65.6 Å². The summed E-state index contributed by atoms with van der Waals surface area (Å²) >= 11 is 0. The minimum atomic E-state index is -0.776. The number of imidazole rings is 1. The fourth-order valence-corrected chi connectivity index (χ4v) is 12.4. The maximum atomic E-state index is 14.2. The Morgan fingerprint density at radius 3 is 1.88 bits per heavy atom. The van der Waals surface area contributed by atoms with Gasteiger partial charge in [0.25, 0.3) is 5.56 Å². The second-order valence-corrected chi connectivity index (χ2v) is 23.5. The first-order valence-electron chi connectivity index (χ1n) is 25.8. The van der Waals surface area contributed by atoms with Crippen molar-refractivity contribution in [2.75, 3.05) is 27.3 Å². The van der Waals surface area contributed by atoms with Gasteiger partial charge in [0.2, 0.25) is 11.8 Å². The number of carbonyl (C=O) groups is 4. The number of aromatic nitrogens is 4. The zero-order valence-electron chi connectivity index (χ0n) is 43.7. The molecule has 9 rings (SSSR count). The Hall–Kier alpha value is -6.51. The lowest BCUT2D eigenvalue weighted by Gasteiger charge is -2.30. The van der Waals surface area contributed by atoms with Gasteiger partial charge >= 0.3 is 12.2 Å². The lowest BCUT2D eigenvalue weighted by Crippen LogP contribution is -2.51. The maximum absolute atomic E-state index is 14.2. The van der Waals surface area contributed by atoms with E-state index in [-0.39, 0.29) is 51.5 Å². The highest BCUT2D eigenvalue weighted by Gasteiger charge is 2.47. The van der Waals surface area contributed by atoms with E-state index in [2.05, 4.69) is 90.8 Å². The lowest BCUT2D eigenvalue weighted by molar-refractivity contribution is -0.136. The molecule has 4 aliphatic rings. The van der Waals surface area contributed by atoms with Gasteiger partial charge in [-0.1, -0.05) is 111 Å². The van der Waals surface area contributed by atoms with Crippen LogP contribution in [0.2, 0.25) is 0 Å². The second-order valence-electron chi connectivity index (χ2n) is 23.5. The molecule has 15 heteroatoms. The molecule has 5 aromatic rings. The molecule has 0 radical (unpaired) electrons. The standard InChI is InChI=1S/C57H72N8O7/c1-32(2)23-43(61-53(69)71-9)51(67)64-30-56(7,8)28-46(64)49-59-42-20-17-36(24-39(42)50(66)63-49)38-19-18-37(40-25-57(26-41(38)40)21-11-12-22-57)34-13-15-35(16-14-34)44-29-58-48(60-44)45-27-55(5,6)31-65(45)52(68)47(33(3)4)62-54(70)72-10/h13-20,24,29,32-33,43,45-47H,11-12,21-23,25-28,30-31H2,1-10H3,(H,58,60)(H,61,69)(H,62,70)(H,59,63,66)/t43?,45-,46-,47-/m0/s1. The molecule has 3 aromatic carbocycles. The smallest absolute Gasteiger partial charge is 0.407 e. The Bertz CT molecular complexity index is 2950. The Labute approximate surface area is 422 Å². The van der Waals surface area contributed by atoms with E-state index < -0.39 is 30.3 Å². The third kappa shape index (κ3) is 10.00. The third-order valence-corrected chi connectivity index (χ3v) is 15.8. The van der Waals surface area contributed by atoms with Gasteiger partial charge < -0.3 is 39.9 Å². The number of nitrogens with zero attached hydrogens (tertiary/aromatic N) is 4. The first kappa shape index (κ1) is 50.4. The number of hydrogen-bond donors (Lipinski definition) is 4. The summed E-state index contributed by atoms with van der Waals surface area (Å²) in [6.07, 6.45) is 9.17. The van der Waals surface area contributed by atoms with Crippen molar-refractivity contribution in [1.29, 1.82) is 0 Å². The first-order valence-corrected chi connectivity index (χ1v) is 25.8. The van der Waals surface area contributed by atoms with Crippen LogP contribution in [0.4, 0.5) is 9.59 Å². The van der Waals surface area contributed by atoms with E-state index in [1.807, 2.05) is 50.9 Å². The zero-order chi connectivity index (χ0) is 51.4. The number of methoxy groups -OCH3 is 2. The Kier molecular flexibility index (Phi) is 13.7. The highest BCUT2D eigenvalue weighted by Crippen LogP contribution is 2.53. The van der Waals surface area contributed by atoms with Crippen LogP contribution < -0.4 is 16.2 Å². The molecule has 1 saturated carbocycles. The number of fused-ring (bicyclic) bond motifs is 2. The predicted octanol–water partition coefficient (Wildman–Crippen LogP) is 10.1. The number of nitrogens with one attached hydrogen (secondary N) is 4. The summed E-state index contributed by atoms with van der Waals surface area (Å²) in [6.45, 7) is 17.3. The van der Waals surface area contributed by atoms with Crippen molar-refractivity contribution in [3.63, 3.8) is 0 Å². The summed E-state index contributed by atoms with van der Waals surface area (Å²) < 4.78 is 9.71. The van der Waals surface area contributed by atoms with E-state index in [0.717, 1.165) is 47.2 Å². The number of benzene rings is 3. The molecule has 2 aliphatic carbocycles. The van der Waals surface area contributed by atoms with E-state index in [1.54, 1.807) is 4.90 Å². The number of hydrogen-bond acceptors (Lipinski definition) is 9. The summed E-state index contributed by atoms with van der Waals surface area (Å²) in [6, 6.07) is 16.8. The molecule has 72 heavy (non-hydrogen) atoms. The van der Waals surface area contributed by atoms with Crippen LogP contribution in [0.25, 0.3) is 44.4 Å². The number of amides is 4. The van der Waals surface area contributed by atoms with Crippen molar-refractivity contribution in [3.8, 4) is 33.5 Å². The maximum Gasteiger partial charge on any atom is 0.407 e. The van der Waals surface area contributed by atoms with Crippen molar-refractivity contribution in [2.45, 2.75) is 137 Å². The first-order chi connectivity index (χ1) is 34.2. The van der Waals surface area contributed by atoms with Crippen molar-refractivity contribution in [2.24, 2.45) is 28.1 Å². The molecule has 4 amide bonds. The van der Waals surface area contributed by atoms with Crippen LogP contribution in [0, 0.1) is 28.1 Å². The summed E-state index contributed by atoms with van der Waals surface area (Å²) in [4.78, 5) is 87.0. The Morgan fingerprint density at radius 2 is 1.28 bits per heavy atom. The SMILES string of the molecule is COC(=O)NC(CC(C)C)C(=O)N1CC(C)(C)C[C@H]1c1nc2ccc(-c3ccc(-c4ccc(-c5cnc([C@@H]6CC(C)(C)CN6C(=O)[C@@H](NC(=O)OC)C(C)C)[nH]5)cc4)c4c3CC3(CCCC3)C4)cc2c(=O)[nH]1. The van der Waals surface area contributed by atoms with Crippen molar-refractivity contribution < 1.29 is 28.7 Å². The fourth-order valence-electron chi connectivity index (χ4n) is 12.4. The van der Waals surface area contributed by atoms with E-state index in [4.69, 9.17) is 19.4 Å². The molecular weight excluding hydrogens is 909 g/mol. The molecule has 382 valence electrons. The summed E-state index contributed by atoms with van der Waals surface area (Å²) in [7, 11) is 2.59. The minimum absolute atomic E-state index is 0.137. The highest BCUT2D eigenvalue weighted by molar-refractivity contribution is 5.89. The Balaban J connectivity index is 0.990. The van der Waals surface area contributed by atoms with Crippen LogP contribution in [-0.4, -0.2) is 93.1 Å². The van der Waals surface area contributed by atoms with Gasteiger partial charge in [-0.05, 0) is 124 Å². The minimum Gasteiger partial charge on any atom is -0.453 e. The van der Waals surface area contributed by atoms with Gasteiger partial charge in [-0.15, -0.1) is 0 Å². The molecule has 1 spiro atoms. The number of alkyl carbamates (subject to hydrolysis) is 2. The van der Waals surface area contributed by atoms with E-state index in [9.17, 15) is 24.0 Å². The molecule has 2 saturated heterocycles. The molecule has 4 heterocycles. The van der Waals surface area contributed by atoms with Gasteiger partial charge in [-0.25, -0.2) is 19.6 Å². The molecular formula is C57H72N8O7. The number of carbonyl (C=O) groups excluding carboxylic acids is 4. The summed E-state index contributed by atoms with van der Waals surface area (Å²) in [5.41, 5.74) is 9.17. The van der Waals surface area contributed by atoms with Gasteiger partial charge in [0, 0.05) is 13.1 Å². The molecule has 15 nitrogen and oxygen atoms in total. The largest absolute Gasteiger partial charge is 0.453 e. The molecule has 0 bridgehead atoms. The quantitative estimate of drug-likeness (QED) is 0.0942. The van der Waals surface area contributed by atoms with Crippen LogP contribution in [-0.2, 0) is 31.9 Å². The van der Waals surface area contributed by atoms with Gasteiger partial charge in [-0.2, -0.15) is 0 Å². The second kappa shape index (κ2) is 19.5. The average Bonchev–Trinajstić information content (AvgIpc) is 4.20. The number of ether oxygens (including phenoxy) is 2. The topological polar surface area (TPSA) is 192 Å². The van der Waals surface area contributed by atoms with Crippen LogP contribution >= 0.6 is 0 Å². The van der Waals surface area contributed by atoms with Crippen LogP contribution in [0.3, 0.4) is 0 Å². The fraction of sp³-hybridized carbons (Fsp3) is 0.526. The average molecular weight is 981 g/mol. The molecule has 3 fully saturated rings. The van der Waals surface area contributed by atoms with Crippen LogP contribution in [0.1, 0.15) is 135 Å². The van der Waals surface area contributed by atoms with E-state index >= 15 is 0 Å². The van der Waals surface area contributed by atoms with E-state index in [0.29, 0.717) is 48.5 Å². The van der Waals surface area contributed by atoms with Crippen molar-refractivity contribution in [1.82, 2.24) is 40.4 Å². The normalized spacial score (nSPS) is 20.6. The monoisotopic (exact) mass is 981 g/mol. The molecule has 4 atom stereocenters. The predicted molar refractivity (Wildman–Crippen MR) is 278 cm³/mol. The number of rotatable bonds is 12. The highest BCUT2D eigenvalue weighted by atomic mass is 16.5. The van der Waals surface area contributed by atoms with E-state index in [1.165, 1.54) is 56.6 Å². The molecule has 1 unspecified atom stereocenters. The number of likely N-dealkylation sites (tertiary alicyclic amines) is 2. The molecule has 4 N–H and O–H groups in total. The molecule has 2 aliphatic heterocycles. The van der Waals surface area contributed by atoms with Crippen LogP contribution in [0.5, 0.6) is 0 Å². The zero-order valence-corrected chi connectivity index (χ0v) is 43.7. The lowest BCUT2D eigenvalue weighted by atomic mass is 9.82. The molecule has 2 aromatic heterocycles. The number of H-pyrrole nitrogens is 2. The van der Waals surface area contributed by atoms with Gasteiger partial charge in [0.1, 0.15) is 23.7 Å². The summed E-state index contributed by atoms with van der Waals surface area (Å²) in [5, 5.41) is 5.99. The number of aromatic amines is 2. The van der Waals surface area contributed by atoms with Gasteiger partial charge in [0.05, 0.1) is 49.1 Å². The van der Waals surface area contributed by atoms with Crippen molar-refractivity contribution >= 4 is 34.9 Å². The van der Waals surface area contributed by atoms with Crippen molar-refractivity contribution in [3.05, 3.63) is 93.9 Å². The van der Waals surface area contributed by atoms with Gasteiger partial charge in [-0.3, -0.25) is 14.4 Å². The Morgan fingerprint density at radius 1 is 0.722 bits per heavy atom. The third-order valence-electron chi connectivity index (χ3n) is 15.8.